The first-order valence-corrected chi connectivity index (χ1v) is 8.97. The van der Waals surface area contributed by atoms with Crippen molar-refractivity contribution >= 4 is 23.1 Å². The van der Waals surface area contributed by atoms with Crippen LogP contribution in [0.5, 0.6) is 0 Å². The van der Waals surface area contributed by atoms with Gasteiger partial charge < -0.3 is 14.2 Å². The zero-order chi connectivity index (χ0) is 18.1. The molecule has 1 saturated heterocycles. The standard InChI is InChI=1S/C20H18N6O/c1-2-7-18-17(6-1)24-20(27-18)26-13-11-25(12-14-26)19-22-10-8-16(23-19)15-5-3-4-9-21-15/h1-10H,11-14H2. The molecule has 5 rings (SSSR count). The molecule has 0 spiro atoms. The van der Waals surface area contributed by atoms with E-state index in [1.807, 2.05) is 48.5 Å². The molecule has 0 saturated carbocycles. The number of hydrogen-bond donors (Lipinski definition) is 0. The van der Waals surface area contributed by atoms with E-state index in [0.717, 1.165) is 54.6 Å². The third kappa shape index (κ3) is 3.08. The van der Waals surface area contributed by atoms with Crippen LogP contribution in [0.2, 0.25) is 0 Å². The molecular weight excluding hydrogens is 340 g/mol. The lowest BCUT2D eigenvalue weighted by atomic mass is 10.2. The highest BCUT2D eigenvalue weighted by molar-refractivity contribution is 5.74. The molecule has 1 aromatic carbocycles. The van der Waals surface area contributed by atoms with Crippen molar-refractivity contribution in [3.8, 4) is 11.4 Å². The van der Waals surface area contributed by atoms with E-state index in [9.17, 15) is 0 Å². The molecule has 7 heteroatoms. The number of nitrogens with zero attached hydrogens (tertiary/aromatic N) is 6. The van der Waals surface area contributed by atoms with Gasteiger partial charge in [-0.05, 0) is 30.3 Å². The van der Waals surface area contributed by atoms with E-state index >= 15 is 0 Å². The van der Waals surface area contributed by atoms with Crippen LogP contribution < -0.4 is 9.80 Å². The quantitative estimate of drug-likeness (QED) is 0.557. The average Bonchev–Trinajstić information content (AvgIpc) is 3.19. The van der Waals surface area contributed by atoms with Gasteiger partial charge in [-0.15, -0.1) is 0 Å². The van der Waals surface area contributed by atoms with Gasteiger partial charge in [0.2, 0.25) is 5.95 Å². The first-order valence-electron chi connectivity index (χ1n) is 8.97. The molecule has 4 heterocycles. The SMILES string of the molecule is c1ccc(-c2ccnc(N3CCN(c4nc5ccccc5o4)CC3)n2)nc1. The fourth-order valence-electron chi connectivity index (χ4n) is 3.25. The summed E-state index contributed by atoms with van der Waals surface area (Å²) in [6, 6.07) is 16.2. The zero-order valence-electron chi connectivity index (χ0n) is 14.7. The van der Waals surface area contributed by atoms with E-state index in [4.69, 9.17) is 9.40 Å². The first kappa shape index (κ1) is 15.7. The molecule has 0 unspecified atom stereocenters. The Balaban J connectivity index is 1.32. The van der Waals surface area contributed by atoms with Crippen LogP contribution in [0.15, 0.2) is 65.3 Å². The van der Waals surface area contributed by atoms with E-state index in [1.54, 1.807) is 12.4 Å². The van der Waals surface area contributed by atoms with Gasteiger partial charge in [-0.3, -0.25) is 4.98 Å². The van der Waals surface area contributed by atoms with Crippen molar-refractivity contribution in [2.75, 3.05) is 36.0 Å². The van der Waals surface area contributed by atoms with Gasteiger partial charge >= 0.3 is 0 Å². The molecule has 0 atom stereocenters. The third-order valence-electron chi connectivity index (χ3n) is 4.69. The maximum atomic E-state index is 5.88. The summed E-state index contributed by atoms with van der Waals surface area (Å²) in [5.41, 5.74) is 3.40. The highest BCUT2D eigenvalue weighted by Crippen LogP contribution is 2.24. The van der Waals surface area contributed by atoms with E-state index in [2.05, 4.69) is 24.8 Å². The van der Waals surface area contributed by atoms with Crippen LogP contribution in [0.4, 0.5) is 12.0 Å². The minimum absolute atomic E-state index is 0.680. The van der Waals surface area contributed by atoms with Gasteiger partial charge in [-0.2, -0.15) is 4.98 Å². The molecule has 0 radical (unpaired) electrons. The van der Waals surface area contributed by atoms with Crippen LogP contribution in [0, 0.1) is 0 Å². The van der Waals surface area contributed by atoms with Gasteiger partial charge in [0, 0.05) is 38.6 Å². The van der Waals surface area contributed by atoms with Crippen molar-refractivity contribution in [3.05, 3.63) is 60.9 Å². The maximum Gasteiger partial charge on any atom is 0.298 e. The van der Waals surface area contributed by atoms with Crippen LogP contribution in [0.25, 0.3) is 22.5 Å². The normalized spacial score (nSPS) is 14.7. The summed E-state index contributed by atoms with van der Waals surface area (Å²) < 4.78 is 5.88. The fourth-order valence-corrected chi connectivity index (χ4v) is 3.25. The van der Waals surface area contributed by atoms with Crippen LogP contribution in [-0.2, 0) is 0 Å². The lowest BCUT2D eigenvalue weighted by Gasteiger charge is -2.33. The number of aromatic nitrogens is 4. The van der Waals surface area contributed by atoms with E-state index in [0.29, 0.717) is 6.01 Å². The maximum absolute atomic E-state index is 5.88. The summed E-state index contributed by atoms with van der Waals surface area (Å²) in [6.45, 7) is 3.24. The summed E-state index contributed by atoms with van der Waals surface area (Å²) in [7, 11) is 0. The van der Waals surface area contributed by atoms with Gasteiger partial charge in [0.25, 0.3) is 6.01 Å². The number of para-hydroxylation sites is 2. The van der Waals surface area contributed by atoms with Crippen molar-refractivity contribution in [2.45, 2.75) is 0 Å². The van der Waals surface area contributed by atoms with Crippen molar-refractivity contribution in [2.24, 2.45) is 0 Å². The van der Waals surface area contributed by atoms with Crippen molar-refractivity contribution in [1.82, 2.24) is 19.9 Å². The Morgan fingerprint density at radius 3 is 2.33 bits per heavy atom. The summed E-state index contributed by atoms with van der Waals surface area (Å²) >= 11 is 0. The molecule has 1 fully saturated rings. The summed E-state index contributed by atoms with van der Waals surface area (Å²) in [5.74, 6) is 0.732. The molecule has 7 nitrogen and oxygen atoms in total. The lowest BCUT2D eigenvalue weighted by Crippen LogP contribution is -2.47. The summed E-state index contributed by atoms with van der Waals surface area (Å²) in [4.78, 5) is 22.5. The average molecular weight is 358 g/mol. The minimum atomic E-state index is 0.680. The van der Waals surface area contributed by atoms with Gasteiger partial charge in [-0.25, -0.2) is 9.97 Å². The number of pyridine rings is 1. The van der Waals surface area contributed by atoms with Gasteiger partial charge in [-0.1, -0.05) is 18.2 Å². The number of piperazine rings is 1. The topological polar surface area (TPSA) is 71.2 Å². The Morgan fingerprint density at radius 2 is 1.52 bits per heavy atom. The molecule has 4 aromatic rings. The number of benzene rings is 1. The largest absolute Gasteiger partial charge is 0.423 e. The monoisotopic (exact) mass is 358 g/mol. The zero-order valence-corrected chi connectivity index (χ0v) is 14.7. The molecule has 1 aliphatic heterocycles. The van der Waals surface area contributed by atoms with Crippen LogP contribution in [0.3, 0.4) is 0 Å². The van der Waals surface area contributed by atoms with E-state index < -0.39 is 0 Å². The molecule has 134 valence electrons. The smallest absolute Gasteiger partial charge is 0.298 e. The second-order valence-corrected chi connectivity index (χ2v) is 6.40. The summed E-state index contributed by atoms with van der Waals surface area (Å²) in [5, 5.41) is 0. The van der Waals surface area contributed by atoms with Gasteiger partial charge in [0.15, 0.2) is 5.58 Å². The number of anilines is 2. The Bertz CT molecular complexity index is 1020. The first-order chi connectivity index (χ1) is 13.4. The second-order valence-electron chi connectivity index (χ2n) is 6.40. The van der Waals surface area contributed by atoms with Crippen molar-refractivity contribution < 1.29 is 4.42 Å². The molecular formula is C20H18N6O. The van der Waals surface area contributed by atoms with Crippen molar-refractivity contribution in [3.63, 3.8) is 0 Å². The minimum Gasteiger partial charge on any atom is -0.423 e. The number of rotatable bonds is 3. The summed E-state index contributed by atoms with van der Waals surface area (Å²) in [6.07, 6.45) is 3.57. The van der Waals surface area contributed by atoms with E-state index in [1.165, 1.54) is 0 Å². The Labute approximate surface area is 156 Å². The fraction of sp³-hybridized carbons (Fsp3) is 0.200. The lowest BCUT2D eigenvalue weighted by molar-refractivity contribution is 0.539. The highest BCUT2D eigenvalue weighted by atomic mass is 16.4. The van der Waals surface area contributed by atoms with Crippen LogP contribution in [-0.4, -0.2) is 46.1 Å². The predicted molar refractivity (Wildman–Crippen MR) is 104 cm³/mol. The molecule has 0 N–H and O–H groups in total. The molecule has 0 amide bonds. The van der Waals surface area contributed by atoms with Gasteiger partial charge in [0.05, 0.1) is 11.4 Å². The van der Waals surface area contributed by atoms with Crippen LogP contribution >= 0.6 is 0 Å². The molecule has 0 bridgehead atoms. The number of oxazole rings is 1. The molecule has 27 heavy (non-hydrogen) atoms. The Morgan fingerprint density at radius 1 is 0.704 bits per heavy atom. The number of hydrogen-bond acceptors (Lipinski definition) is 7. The predicted octanol–water partition coefficient (Wildman–Crippen LogP) is 3.01. The van der Waals surface area contributed by atoms with Gasteiger partial charge in [0.1, 0.15) is 5.52 Å². The highest BCUT2D eigenvalue weighted by Gasteiger charge is 2.22. The Hall–Kier alpha value is -3.48. The van der Waals surface area contributed by atoms with Crippen LogP contribution in [0.1, 0.15) is 0 Å². The Kier molecular flexibility index (Phi) is 3.90. The molecule has 1 aliphatic rings. The second kappa shape index (κ2) is 6.68. The van der Waals surface area contributed by atoms with E-state index in [-0.39, 0.29) is 0 Å². The molecule has 0 aliphatic carbocycles. The third-order valence-corrected chi connectivity index (χ3v) is 4.69. The van der Waals surface area contributed by atoms with Crippen molar-refractivity contribution in [1.29, 1.82) is 0 Å². The molecule has 3 aromatic heterocycles. The number of fused-ring (bicyclic) bond motifs is 1.